The number of non-ortho nitro benzene ring substituents is 2. The van der Waals surface area contributed by atoms with E-state index in [1.165, 1.54) is 30.3 Å². The van der Waals surface area contributed by atoms with Crippen LogP contribution in [0.15, 0.2) is 74.5 Å². The topological polar surface area (TPSA) is 133 Å². The van der Waals surface area contributed by atoms with Crippen LogP contribution in [0, 0.1) is 20.2 Å². The van der Waals surface area contributed by atoms with Gasteiger partial charge in [-0.15, -0.1) is 0 Å². The van der Waals surface area contributed by atoms with Gasteiger partial charge in [-0.25, -0.2) is 0 Å². The smallest absolute Gasteiger partial charge is 0.293 e. The molecule has 188 valence electrons. The van der Waals surface area contributed by atoms with E-state index in [-0.39, 0.29) is 29.4 Å². The molecule has 1 aliphatic rings. The summed E-state index contributed by atoms with van der Waals surface area (Å²) in [7, 11) is 0. The average Bonchev–Trinajstić information content (AvgIpc) is 3.11. The Bertz CT molecular complexity index is 1440. The van der Waals surface area contributed by atoms with Crippen molar-refractivity contribution < 1.29 is 24.2 Å². The molecule has 0 atom stereocenters. The molecule has 0 bridgehead atoms. The van der Waals surface area contributed by atoms with E-state index in [9.17, 15) is 29.8 Å². The molecule has 0 N–H and O–H groups in total. The van der Waals surface area contributed by atoms with Crippen molar-refractivity contribution in [2.75, 3.05) is 0 Å². The zero-order valence-electron chi connectivity index (χ0n) is 18.6. The lowest BCUT2D eigenvalue weighted by molar-refractivity contribution is -0.385. The van der Waals surface area contributed by atoms with Crippen LogP contribution in [-0.2, 0) is 17.9 Å². The monoisotopic (exact) mass is 647 g/mol. The summed E-state index contributed by atoms with van der Waals surface area (Å²) in [5, 5.41) is 21.3. The molecule has 1 aliphatic heterocycles. The Kier molecular flexibility index (Phi) is 8.05. The summed E-state index contributed by atoms with van der Waals surface area (Å²) in [6.45, 7) is 0.0948. The largest absolute Gasteiger partial charge is 0.487 e. The number of rotatable bonds is 8. The molecule has 3 aromatic rings. The molecule has 2 amide bonds. The van der Waals surface area contributed by atoms with Gasteiger partial charge in [0.25, 0.3) is 22.5 Å². The maximum atomic E-state index is 12.9. The summed E-state index contributed by atoms with van der Waals surface area (Å²) < 4.78 is 7.04. The first-order chi connectivity index (χ1) is 17.6. The number of hydrogen-bond acceptors (Lipinski definition) is 8. The highest BCUT2D eigenvalue weighted by molar-refractivity contribution is 9.11. The summed E-state index contributed by atoms with van der Waals surface area (Å²) in [6.07, 6.45) is 1.58. The molecule has 0 spiro atoms. The molecular weight excluding hydrogens is 634 g/mol. The van der Waals surface area contributed by atoms with E-state index in [0.29, 0.717) is 25.8 Å². The lowest BCUT2D eigenvalue weighted by Crippen LogP contribution is -2.27. The predicted octanol–water partition coefficient (Wildman–Crippen LogP) is 6.84. The number of halogens is 2. The van der Waals surface area contributed by atoms with E-state index in [2.05, 4.69) is 31.9 Å². The van der Waals surface area contributed by atoms with Crippen LogP contribution in [0.4, 0.5) is 16.2 Å². The molecular formula is C24H15Br2N3O7S. The third-order valence-corrected chi connectivity index (χ3v) is 7.27. The van der Waals surface area contributed by atoms with Crippen LogP contribution < -0.4 is 4.74 Å². The van der Waals surface area contributed by atoms with E-state index >= 15 is 0 Å². The highest BCUT2D eigenvalue weighted by Crippen LogP contribution is 2.38. The molecule has 4 rings (SSSR count). The van der Waals surface area contributed by atoms with Crippen LogP contribution in [0.25, 0.3) is 6.08 Å². The van der Waals surface area contributed by atoms with Crippen molar-refractivity contribution in [3.8, 4) is 5.75 Å². The third-order valence-electron chi connectivity index (χ3n) is 5.18. The number of imide groups is 1. The zero-order valence-corrected chi connectivity index (χ0v) is 22.6. The van der Waals surface area contributed by atoms with Gasteiger partial charge in [0.2, 0.25) is 0 Å². The number of benzene rings is 3. The summed E-state index contributed by atoms with van der Waals surface area (Å²) in [5.74, 6) is 0.00141. The predicted molar refractivity (Wildman–Crippen MR) is 144 cm³/mol. The standard InChI is InChI=1S/C24H15Br2N3O7S/c25-19-9-16(10-20(26)22(19)36-13-14-4-6-17(7-5-14)28(32)33)11-21-23(30)27(24(31)37-21)12-15-2-1-3-18(8-15)29(34)35/h1-11H,12-13H2/b21-11+. The van der Waals surface area contributed by atoms with Crippen molar-refractivity contribution in [2.24, 2.45) is 0 Å². The highest BCUT2D eigenvalue weighted by atomic mass is 79.9. The summed E-state index contributed by atoms with van der Waals surface area (Å²) in [6, 6.07) is 15.3. The van der Waals surface area contributed by atoms with Gasteiger partial charge in [0, 0.05) is 24.3 Å². The molecule has 3 aromatic carbocycles. The number of nitro groups is 2. The van der Waals surface area contributed by atoms with E-state index in [0.717, 1.165) is 22.2 Å². The number of nitro benzene ring substituents is 2. The maximum Gasteiger partial charge on any atom is 0.293 e. The first-order valence-electron chi connectivity index (χ1n) is 10.5. The highest BCUT2D eigenvalue weighted by Gasteiger charge is 2.35. The molecule has 13 heteroatoms. The normalized spacial score (nSPS) is 14.3. The second kappa shape index (κ2) is 11.2. The molecule has 1 fully saturated rings. The van der Waals surface area contributed by atoms with E-state index < -0.39 is 21.0 Å². The third kappa shape index (κ3) is 6.24. The SMILES string of the molecule is O=C1S/C(=C/c2cc(Br)c(OCc3ccc([N+](=O)[O-])cc3)c(Br)c2)C(=O)N1Cc1cccc([N+](=O)[O-])c1. The Hall–Kier alpha value is -3.55. The Morgan fingerprint density at radius 1 is 0.892 bits per heavy atom. The van der Waals surface area contributed by atoms with Gasteiger partial charge in [0.15, 0.2) is 0 Å². The minimum atomic E-state index is -0.535. The summed E-state index contributed by atoms with van der Waals surface area (Å²) in [4.78, 5) is 47.4. The molecule has 0 aliphatic carbocycles. The molecule has 10 nitrogen and oxygen atoms in total. The molecule has 1 heterocycles. The van der Waals surface area contributed by atoms with Crippen molar-refractivity contribution in [3.63, 3.8) is 0 Å². The Labute approximate surface area is 230 Å². The van der Waals surface area contributed by atoms with Gasteiger partial charge < -0.3 is 4.74 Å². The van der Waals surface area contributed by atoms with Crippen LogP contribution in [0.1, 0.15) is 16.7 Å². The van der Waals surface area contributed by atoms with Crippen LogP contribution in [0.2, 0.25) is 0 Å². The van der Waals surface area contributed by atoms with Crippen LogP contribution in [-0.4, -0.2) is 25.9 Å². The molecule has 37 heavy (non-hydrogen) atoms. The number of carbonyl (C=O) groups excluding carboxylic acids is 2. The molecule has 1 saturated heterocycles. The van der Waals surface area contributed by atoms with Gasteiger partial charge in [-0.05, 0) is 90.7 Å². The molecule has 0 unspecified atom stereocenters. The van der Waals surface area contributed by atoms with Gasteiger partial charge in [-0.2, -0.15) is 0 Å². The first kappa shape index (κ1) is 26.5. The van der Waals surface area contributed by atoms with Crippen LogP contribution in [0.5, 0.6) is 5.75 Å². The number of nitrogens with zero attached hydrogens (tertiary/aromatic N) is 3. The number of ether oxygens (including phenoxy) is 1. The average molecular weight is 649 g/mol. The maximum absolute atomic E-state index is 12.9. The van der Waals surface area contributed by atoms with Crippen molar-refractivity contribution in [1.82, 2.24) is 4.90 Å². The van der Waals surface area contributed by atoms with Crippen molar-refractivity contribution in [1.29, 1.82) is 0 Å². The second-order valence-electron chi connectivity index (χ2n) is 7.72. The fourth-order valence-electron chi connectivity index (χ4n) is 3.41. The van der Waals surface area contributed by atoms with Crippen LogP contribution >= 0.6 is 43.6 Å². The minimum Gasteiger partial charge on any atom is -0.487 e. The Morgan fingerprint density at radius 2 is 1.54 bits per heavy atom. The number of thioether (sulfide) groups is 1. The second-order valence-corrected chi connectivity index (χ2v) is 10.4. The number of hydrogen-bond donors (Lipinski definition) is 0. The van der Waals surface area contributed by atoms with E-state index in [1.807, 2.05) is 0 Å². The Morgan fingerprint density at radius 3 is 2.16 bits per heavy atom. The fourth-order valence-corrected chi connectivity index (χ4v) is 5.70. The van der Waals surface area contributed by atoms with E-state index in [4.69, 9.17) is 4.74 Å². The lowest BCUT2D eigenvalue weighted by Gasteiger charge is -2.12. The summed E-state index contributed by atoms with van der Waals surface area (Å²) >= 11 is 7.70. The summed E-state index contributed by atoms with van der Waals surface area (Å²) in [5.41, 5.74) is 1.71. The minimum absolute atomic E-state index is 0.00930. The van der Waals surface area contributed by atoms with Crippen molar-refractivity contribution in [2.45, 2.75) is 13.2 Å². The van der Waals surface area contributed by atoms with Gasteiger partial charge >= 0.3 is 0 Å². The van der Waals surface area contributed by atoms with Gasteiger partial charge in [0.05, 0.1) is 30.2 Å². The fraction of sp³-hybridized carbons (Fsp3) is 0.0833. The zero-order chi connectivity index (χ0) is 26.7. The molecule has 0 radical (unpaired) electrons. The van der Waals surface area contributed by atoms with Gasteiger partial charge in [-0.3, -0.25) is 34.7 Å². The quantitative estimate of drug-likeness (QED) is 0.147. The Balaban J connectivity index is 1.47. The van der Waals surface area contributed by atoms with Crippen LogP contribution in [0.3, 0.4) is 0 Å². The van der Waals surface area contributed by atoms with E-state index in [1.54, 1.807) is 36.4 Å². The number of carbonyl (C=O) groups is 2. The molecule has 0 aromatic heterocycles. The van der Waals surface area contributed by atoms with Crippen molar-refractivity contribution >= 4 is 72.2 Å². The van der Waals surface area contributed by atoms with Crippen molar-refractivity contribution in [3.05, 3.63) is 111 Å². The van der Waals surface area contributed by atoms with Gasteiger partial charge in [0.1, 0.15) is 12.4 Å². The first-order valence-corrected chi connectivity index (χ1v) is 12.9. The van der Waals surface area contributed by atoms with Gasteiger partial charge in [-0.1, -0.05) is 12.1 Å². The lowest BCUT2D eigenvalue weighted by atomic mass is 10.1. The molecule has 0 saturated carbocycles. The number of amides is 2.